The highest BCUT2D eigenvalue weighted by Gasteiger charge is 2.23. The van der Waals surface area contributed by atoms with Gasteiger partial charge < -0.3 is 0 Å². The third kappa shape index (κ3) is 17.8. The Morgan fingerprint density at radius 3 is 0.929 bits per heavy atom. The molecule has 0 saturated heterocycles. The minimum Gasteiger partial charge on any atom is -0.239 e. The van der Waals surface area contributed by atoms with Crippen LogP contribution in [0.1, 0.15) is 230 Å². The van der Waals surface area contributed by atoms with Crippen LogP contribution in [0.15, 0.2) is 10.8 Å². The predicted molar refractivity (Wildman–Crippen MR) is 252 cm³/mol. The van der Waals surface area contributed by atoms with Crippen LogP contribution in [0.2, 0.25) is 0 Å². The normalized spacial score (nSPS) is 11.7. The van der Waals surface area contributed by atoms with Crippen LogP contribution in [0.4, 0.5) is 0 Å². The largest absolute Gasteiger partial charge is 0.239 e. The van der Waals surface area contributed by atoms with Crippen LogP contribution in [-0.4, -0.2) is 19.9 Å². The van der Waals surface area contributed by atoms with Crippen molar-refractivity contribution >= 4 is 45.3 Å². The molecule has 0 amide bonds. The van der Waals surface area contributed by atoms with E-state index in [0.717, 1.165) is 45.7 Å². The molecule has 4 aromatic heterocycles. The predicted octanol–water partition coefficient (Wildman–Crippen LogP) is 17.7. The number of aryl methyl sites for hydroxylation is 4. The van der Waals surface area contributed by atoms with Gasteiger partial charge in [-0.2, -0.15) is 0 Å². The van der Waals surface area contributed by atoms with Crippen molar-refractivity contribution in [2.45, 2.75) is 233 Å². The highest BCUT2D eigenvalue weighted by Crippen LogP contribution is 2.44. The van der Waals surface area contributed by atoms with E-state index in [9.17, 15) is 0 Å². The van der Waals surface area contributed by atoms with Crippen molar-refractivity contribution in [1.82, 2.24) is 19.9 Å². The molecule has 0 N–H and O–H groups in total. The summed E-state index contributed by atoms with van der Waals surface area (Å²) in [6.45, 7) is 9.20. The first-order valence-electron chi connectivity index (χ1n) is 23.6. The molecule has 0 fully saturated rings. The summed E-state index contributed by atoms with van der Waals surface area (Å²) in [5.41, 5.74) is 5.05. The maximum atomic E-state index is 5.42. The third-order valence-corrected chi connectivity index (χ3v) is 15.6. The van der Waals surface area contributed by atoms with Crippen LogP contribution < -0.4 is 0 Å². The van der Waals surface area contributed by atoms with Crippen molar-refractivity contribution < 1.29 is 0 Å². The minimum absolute atomic E-state index is 1.04. The van der Waals surface area contributed by atoms with E-state index in [-0.39, 0.29) is 0 Å². The van der Waals surface area contributed by atoms with E-state index in [2.05, 4.69) is 38.5 Å². The number of hydrogen-bond donors (Lipinski definition) is 0. The lowest BCUT2D eigenvalue weighted by Crippen LogP contribution is -1.93. The fourth-order valence-corrected chi connectivity index (χ4v) is 11.8. The Hall–Kier alpha value is -1.48. The van der Waals surface area contributed by atoms with Gasteiger partial charge in [0.25, 0.3) is 0 Å². The van der Waals surface area contributed by atoms with Crippen LogP contribution in [0.5, 0.6) is 0 Å². The van der Waals surface area contributed by atoms with E-state index >= 15 is 0 Å². The molecule has 4 nitrogen and oxygen atoms in total. The molecule has 0 unspecified atom stereocenters. The summed E-state index contributed by atoms with van der Waals surface area (Å²) in [4.78, 5) is 23.9. The molecule has 4 aromatic rings. The second-order valence-electron chi connectivity index (χ2n) is 16.4. The first kappa shape index (κ1) is 47.2. The average Bonchev–Trinajstić information content (AvgIpc) is 4.03. The molecule has 0 aromatic carbocycles. The highest BCUT2D eigenvalue weighted by molar-refractivity contribution is 7.27. The molecular formula is C48H78N4S4. The summed E-state index contributed by atoms with van der Waals surface area (Å²) in [5.74, 6) is 0. The zero-order chi connectivity index (χ0) is 39.5. The molecule has 4 rings (SSSR count). The van der Waals surface area contributed by atoms with Crippen molar-refractivity contribution in [3.63, 3.8) is 0 Å². The Kier molecular flexibility index (Phi) is 25.0. The number of nitrogens with zero attached hydrogens (tertiary/aromatic N) is 4. The minimum atomic E-state index is 1.04. The average molecular weight is 839 g/mol. The van der Waals surface area contributed by atoms with Crippen molar-refractivity contribution in [2.75, 3.05) is 0 Å². The van der Waals surface area contributed by atoms with Gasteiger partial charge in [-0.05, 0) is 51.4 Å². The van der Waals surface area contributed by atoms with Gasteiger partial charge in [-0.15, -0.1) is 45.3 Å². The monoisotopic (exact) mass is 839 g/mol. The molecular weight excluding hydrogens is 761 g/mol. The SMILES string of the molecule is CCCCCCCCCc1csc(-c2nc(CCCCCCCCC)c(-c3sc(-c4nc(CCCCCCCCC)cs4)nc3CCCCCCCCC)s2)n1. The topological polar surface area (TPSA) is 51.6 Å². The summed E-state index contributed by atoms with van der Waals surface area (Å²) in [5, 5.41) is 9.02. The smallest absolute Gasteiger partial charge is 0.153 e. The van der Waals surface area contributed by atoms with Crippen molar-refractivity contribution in [2.24, 2.45) is 0 Å². The van der Waals surface area contributed by atoms with Gasteiger partial charge in [-0.1, -0.05) is 182 Å². The molecule has 0 aliphatic carbocycles. The summed E-state index contributed by atoms with van der Waals surface area (Å²) in [6.07, 6.45) is 41.5. The molecule has 4 heterocycles. The molecule has 0 radical (unpaired) electrons. The molecule has 0 aliphatic rings. The maximum absolute atomic E-state index is 5.42. The van der Waals surface area contributed by atoms with Crippen LogP contribution in [0.25, 0.3) is 29.8 Å². The first-order valence-corrected chi connectivity index (χ1v) is 26.9. The Bertz CT molecular complexity index is 1430. The van der Waals surface area contributed by atoms with Gasteiger partial charge in [0.1, 0.15) is 0 Å². The van der Waals surface area contributed by atoms with Gasteiger partial charge in [-0.25, -0.2) is 19.9 Å². The second kappa shape index (κ2) is 29.7. The Labute approximate surface area is 359 Å². The number of thiazole rings is 4. The lowest BCUT2D eigenvalue weighted by atomic mass is 10.1. The molecule has 8 heteroatoms. The Morgan fingerprint density at radius 2 is 0.607 bits per heavy atom. The third-order valence-electron chi connectivity index (χ3n) is 11.2. The number of aromatic nitrogens is 4. The van der Waals surface area contributed by atoms with E-state index in [1.165, 1.54) is 212 Å². The van der Waals surface area contributed by atoms with Crippen LogP contribution in [0, 0.1) is 0 Å². The van der Waals surface area contributed by atoms with Gasteiger partial charge in [0.15, 0.2) is 20.0 Å². The molecule has 0 spiro atoms. The summed E-state index contributed by atoms with van der Waals surface area (Å²) < 4.78 is 0. The first-order chi connectivity index (χ1) is 27.7. The molecule has 0 aliphatic heterocycles. The standard InChI is InChI=1S/C48H78N4S4/c1-5-9-13-17-21-25-29-33-39-37-53-45(49-39)47-51-41(35-31-27-23-19-15-11-7-3)43(55-47)44-42(36-32-28-24-20-16-12-8-4)52-48(56-44)46-50-40(38-54-46)34-30-26-22-18-14-10-6-2/h37-38H,5-36H2,1-4H3. The van der Waals surface area contributed by atoms with E-state index in [4.69, 9.17) is 19.9 Å². The van der Waals surface area contributed by atoms with E-state index in [1.54, 1.807) is 22.7 Å². The summed E-state index contributed by atoms with van der Waals surface area (Å²) in [6, 6.07) is 0. The molecule has 56 heavy (non-hydrogen) atoms. The van der Waals surface area contributed by atoms with Crippen LogP contribution >= 0.6 is 45.3 Å². The van der Waals surface area contributed by atoms with E-state index in [1.807, 2.05) is 22.7 Å². The van der Waals surface area contributed by atoms with Crippen LogP contribution in [-0.2, 0) is 25.7 Å². The lowest BCUT2D eigenvalue weighted by molar-refractivity contribution is 0.587. The molecule has 0 saturated carbocycles. The van der Waals surface area contributed by atoms with Crippen molar-refractivity contribution in [3.8, 4) is 29.8 Å². The fourth-order valence-electron chi connectivity index (χ4n) is 7.65. The fraction of sp³-hybridized carbons (Fsp3) is 0.750. The van der Waals surface area contributed by atoms with Gasteiger partial charge in [0.05, 0.1) is 32.5 Å². The molecule has 314 valence electrons. The maximum Gasteiger partial charge on any atom is 0.153 e. The van der Waals surface area contributed by atoms with Gasteiger partial charge in [0.2, 0.25) is 0 Å². The summed E-state index contributed by atoms with van der Waals surface area (Å²) in [7, 11) is 0. The van der Waals surface area contributed by atoms with Gasteiger partial charge in [0, 0.05) is 10.8 Å². The van der Waals surface area contributed by atoms with E-state index < -0.39 is 0 Å². The Balaban J connectivity index is 1.52. The zero-order valence-corrected chi connectivity index (χ0v) is 39.5. The highest BCUT2D eigenvalue weighted by atomic mass is 32.1. The second-order valence-corrected chi connectivity index (χ2v) is 20.1. The van der Waals surface area contributed by atoms with Gasteiger partial charge >= 0.3 is 0 Å². The molecule has 0 atom stereocenters. The summed E-state index contributed by atoms with van der Waals surface area (Å²) >= 11 is 7.36. The zero-order valence-electron chi connectivity index (χ0n) is 36.2. The quantitative estimate of drug-likeness (QED) is 0.0433. The molecule has 0 bridgehead atoms. The van der Waals surface area contributed by atoms with Crippen molar-refractivity contribution in [3.05, 3.63) is 33.5 Å². The number of hydrogen-bond acceptors (Lipinski definition) is 8. The van der Waals surface area contributed by atoms with Gasteiger partial charge in [-0.3, -0.25) is 0 Å². The number of unbranched alkanes of at least 4 members (excludes halogenated alkanes) is 24. The number of rotatable bonds is 35. The lowest BCUT2D eigenvalue weighted by Gasteiger charge is -2.05. The van der Waals surface area contributed by atoms with Crippen molar-refractivity contribution in [1.29, 1.82) is 0 Å². The van der Waals surface area contributed by atoms with Crippen LogP contribution in [0.3, 0.4) is 0 Å². The Morgan fingerprint density at radius 1 is 0.321 bits per heavy atom. The van der Waals surface area contributed by atoms with E-state index in [0.29, 0.717) is 0 Å².